The Morgan fingerprint density at radius 1 is 1.33 bits per heavy atom. The number of rotatable bonds is 1. The van der Waals surface area contributed by atoms with Crippen molar-refractivity contribution in [3.8, 4) is 0 Å². The van der Waals surface area contributed by atoms with Gasteiger partial charge in [-0.3, -0.25) is 4.79 Å². The highest BCUT2D eigenvalue weighted by atomic mass is 19.4. The molecule has 0 radical (unpaired) electrons. The average Bonchev–Trinajstić information content (AvgIpc) is 1.62. The maximum absolute atomic E-state index is 10.9. The molecule has 6 heteroatoms. The van der Waals surface area contributed by atoms with Gasteiger partial charge in [0.05, 0.1) is 0 Å². The van der Waals surface area contributed by atoms with Gasteiger partial charge in [-0.2, -0.15) is 13.2 Å². The van der Waals surface area contributed by atoms with Crippen LogP contribution in [0.4, 0.5) is 17.6 Å². The van der Waals surface area contributed by atoms with E-state index >= 15 is 0 Å². The number of alkyl halides is 4. The highest BCUT2D eigenvalue weighted by Gasteiger charge is 2.37. The second kappa shape index (κ2) is 3.39. The zero-order chi connectivity index (χ0) is 6.78. The van der Waals surface area contributed by atoms with Gasteiger partial charge in [-0.1, -0.05) is 0 Å². The molecule has 0 unspecified atom stereocenters. The predicted octanol–water partition coefficient (Wildman–Crippen LogP) is 0.263. The lowest BCUT2D eigenvalue weighted by molar-refractivity contribution is -0.171. The third-order valence-electron chi connectivity index (χ3n) is 0.438. The molecule has 0 spiro atoms. The van der Waals surface area contributed by atoms with Gasteiger partial charge in [0.25, 0.3) is 5.78 Å². The zero-order valence-corrected chi connectivity index (χ0v) is 4.13. The van der Waals surface area contributed by atoms with Gasteiger partial charge < -0.3 is 5.48 Å². The molecule has 0 fully saturated rings. The Hall–Kier alpha value is -0.650. The first-order chi connectivity index (χ1) is 3.48. The highest BCUT2D eigenvalue weighted by Crippen LogP contribution is 2.15. The first-order valence-corrected chi connectivity index (χ1v) is 1.64. The van der Waals surface area contributed by atoms with Crippen LogP contribution in [0.1, 0.15) is 0 Å². The molecule has 0 aliphatic heterocycles. The molecule has 0 heterocycles. The lowest BCUT2D eigenvalue weighted by atomic mass is 10.4. The van der Waals surface area contributed by atoms with Crippen LogP contribution in [-0.4, -0.2) is 24.1 Å². The topological polar surface area (TPSA) is 48.6 Å². The van der Waals surface area contributed by atoms with Crippen LogP contribution in [0.5, 0.6) is 0 Å². The maximum atomic E-state index is 10.9. The van der Waals surface area contributed by atoms with Crippen LogP contribution < -0.4 is 0 Å². The van der Waals surface area contributed by atoms with Gasteiger partial charge in [-0.25, -0.2) is 4.39 Å². The molecule has 0 aliphatic rings. The summed E-state index contributed by atoms with van der Waals surface area (Å²) in [6.07, 6.45) is -5.01. The normalized spacial score (nSPS) is 10.2. The molecule has 0 saturated heterocycles. The largest absolute Gasteiger partial charge is 0.452 e. The van der Waals surface area contributed by atoms with E-state index < -0.39 is 18.6 Å². The van der Waals surface area contributed by atoms with Crippen LogP contribution in [0.3, 0.4) is 0 Å². The fourth-order valence-electron chi connectivity index (χ4n) is 0.0758. The smallest absolute Gasteiger partial charge is 0.412 e. The average molecular weight is 148 g/mol. The van der Waals surface area contributed by atoms with Crippen LogP contribution in [0.25, 0.3) is 0 Å². The molecule has 0 amide bonds. The van der Waals surface area contributed by atoms with E-state index in [1.807, 2.05) is 0 Å². The summed E-state index contributed by atoms with van der Waals surface area (Å²) in [5.74, 6) is -2.34. The summed E-state index contributed by atoms with van der Waals surface area (Å²) >= 11 is 0. The zero-order valence-electron chi connectivity index (χ0n) is 4.13. The van der Waals surface area contributed by atoms with Crippen molar-refractivity contribution >= 4 is 5.78 Å². The molecule has 56 valence electrons. The molecule has 0 bridgehead atoms. The summed E-state index contributed by atoms with van der Waals surface area (Å²) in [6, 6.07) is 0. The van der Waals surface area contributed by atoms with Crippen LogP contribution in [0.2, 0.25) is 0 Å². The molecule has 2 nitrogen and oxygen atoms in total. The van der Waals surface area contributed by atoms with Gasteiger partial charge in [0, 0.05) is 0 Å². The second-order valence-electron chi connectivity index (χ2n) is 1.05. The first kappa shape index (κ1) is 11.2. The van der Waals surface area contributed by atoms with Crippen LogP contribution in [0, 0.1) is 0 Å². The molecule has 0 rings (SSSR count). The number of hydrogen-bond donors (Lipinski definition) is 0. The van der Waals surface area contributed by atoms with Gasteiger partial charge in [0.2, 0.25) is 0 Å². The van der Waals surface area contributed by atoms with E-state index in [2.05, 4.69) is 0 Å². The molecule has 0 aromatic carbocycles. The van der Waals surface area contributed by atoms with E-state index in [4.69, 9.17) is 0 Å². The molecule has 0 aliphatic carbocycles. The van der Waals surface area contributed by atoms with Crippen molar-refractivity contribution in [2.75, 3.05) is 6.67 Å². The van der Waals surface area contributed by atoms with E-state index in [1.165, 1.54) is 0 Å². The standard InChI is InChI=1S/C3H2F4O.H2O/c4-1-2(8)3(5,6)7;/h1H2;1H2. The molecule has 9 heavy (non-hydrogen) atoms. The fourth-order valence-corrected chi connectivity index (χ4v) is 0.0758. The summed E-state index contributed by atoms with van der Waals surface area (Å²) in [7, 11) is 0. The molecule has 2 N–H and O–H groups in total. The number of carbonyl (C=O) groups is 1. The van der Waals surface area contributed by atoms with Crippen molar-refractivity contribution in [2.45, 2.75) is 6.18 Å². The monoisotopic (exact) mass is 148 g/mol. The quantitative estimate of drug-likeness (QED) is 0.492. The van der Waals surface area contributed by atoms with Gasteiger partial charge in [-0.15, -0.1) is 0 Å². The minimum absolute atomic E-state index is 0. The van der Waals surface area contributed by atoms with E-state index in [9.17, 15) is 22.4 Å². The summed E-state index contributed by atoms with van der Waals surface area (Å²) in [5.41, 5.74) is 0. The van der Waals surface area contributed by atoms with Crippen molar-refractivity contribution in [1.82, 2.24) is 0 Å². The second-order valence-corrected chi connectivity index (χ2v) is 1.05. The molecule has 0 aromatic heterocycles. The summed E-state index contributed by atoms with van der Waals surface area (Å²) in [6.45, 7) is -1.97. The molecule has 0 atom stereocenters. The fraction of sp³-hybridized carbons (Fsp3) is 0.667. The third kappa shape index (κ3) is 3.89. The van der Waals surface area contributed by atoms with Crippen LogP contribution in [0.15, 0.2) is 0 Å². The van der Waals surface area contributed by atoms with Gasteiger partial charge in [-0.05, 0) is 0 Å². The highest BCUT2D eigenvalue weighted by molar-refractivity contribution is 5.84. The Labute approximate surface area is 47.8 Å². The SMILES string of the molecule is O.O=C(CF)C(F)(F)F. The lowest BCUT2D eigenvalue weighted by Gasteiger charge is -1.97. The van der Waals surface area contributed by atoms with E-state index in [0.717, 1.165) is 0 Å². The Balaban J connectivity index is 0. The number of Topliss-reactive ketones (excluding diaryl/α,β-unsaturated/α-hetero) is 1. The Kier molecular flexibility index (Phi) is 4.21. The van der Waals surface area contributed by atoms with Gasteiger partial charge >= 0.3 is 6.18 Å². The van der Waals surface area contributed by atoms with Gasteiger partial charge in [0.1, 0.15) is 0 Å². The van der Waals surface area contributed by atoms with Crippen molar-refractivity contribution in [3.63, 3.8) is 0 Å². The summed E-state index contributed by atoms with van der Waals surface area (Å²) < 4.78 is 43.4. The number of carbonyl (C=O) groups excluding carboxylic acids is 1. The number of ketones is 1. The van der Waals surface area contributed by atoms with Crippen molar-refractivity contribution < 1.29 is 27.8 Å². The predicted molar refractivity (Wildman–Crippen MR) is 20.7 cm³/mol. The van der Waals surface area contributed by atoms with E-state index in [0.29, 0.717) is 0 Å². The van der Waals surface area contributed by atoms with Crippen molar-refractivity contribution in [1.29, 1.82) is 0 Å². The summed E-state index contributed by atoms with van der Waals surface area (Å²) in [5, 5.41) is 0. The summed E-state index contributed by atoms with van der Waals surface area (Å²) in [4.78, 5) is 9.33. The Morgan fingerprint density at radius 2 is 1.67 bits per heavy atom. The van der Waals surface area contributed by atoms with Gasteiger partial charge in [0.15, 0.2) is 6.67 Å². The van der Waals surface area contributed by atoms with Crippen LogP contribution in [-0.2, 0) is 4.79 Å². The molecular weight excluding hydrogens is 144 g/mol. The molecule has 0 aromatic rings. The van der Waals surface area contributed by atoms with Crippen molar-refractivity contribution in [2.24, 2.45) is 0 Å². The minimum atomic E-state index is -5.01. The van der Waals surface area contributed by atoms with Crippen LogP contribution >= 0.6 is 0 Å². The Bertz CT molecular complexity index is 96.5. The number of halogens is 4. The van der Waals surface area contributed by atoms with Crippen molar-refractivity contribution in [3.05, 3.63) is 0 Å². The maximum Gasteiger partial charge on any atom is 0.452 e. The van der Waals surface area contributed by atoms with E-state index in [1.54, 1.807) is 0 Å². The Morgan fingerprint density at radius 3 is 1.67 bits per heavy atom. The molecule has 0 saturated carbocycles. The number of hydrogen-bond acceptors (Lipinski definition) is 1. The third-order valence-corrected chi connectivity index (χ3v) is 0.438. The molecular formula is C3H4F4O2. The minimum Gasteiger partial charge on any atom is -0.412 e. The van der Waals surface area contributed by atoms with E-state index in [-0.39, 0.29) is 5.48 Å². The first-order valence-electron chi connectivity index (χ1n) is 1.64. The lowest BCUT2D eigenvalue weighted by Crippen LogP contribution is -2.23.